The number of benzene rings is 1. The van der Waals surface area contributed by atoms with Crippen LogP contribution in [0.5, 0.6) is 0 Å². The fourth-order valence-corrected chi connectivity index (χ4v) is 5.47. The Hall–Kier alpha value is -1.89. The molecule has 0 amide bonds. The summed E-state index contributed by atoms with van der Waals surface area (Å²) in [5, 5.41) is 10.8. The van der Waals surface area contributed by atoms with Crippen LogP contribution < -0.4 is 0 Å². The predicted molar refractivity (Wildman–Crippen MR) is 103 cm³/mol. The second-order valence-corrected chi connectivity index (χ2v) is 8.46. The molecule has 1 N–H and O–H groups in total. The van der Waals surface area contributed by atoms with Gasteiger partial charge in [0.25, 0.3) is 0 Å². The number of nitrogens with zero attached hydrogens (tertiary/aromatic N) is 4. The van der Waals surface area contributed by atoms with E-state index in [2.05, 4.69) is 33.1 Å². The Kier molecular flexibility index (Phi) is 4.19. The molecule has 1 aromatic carbocycles. The van der Waals surface area contributed by atoms with Gasteiger partial charge in [-0.2, -0.15) is 0 Å². The first-order chi connectivity index (χ1) is 12.8. The van der Waals surface area contributed by atoms with Crippen LogP contribution in [0, 0.1) is 0 Å². The van der Waals surface area contributed by atoms with Crippen LogP contribution in [0.1, 0.15) is 36.6 Å². The highest BCUT2D eigenvalue weighted by Gasteiger charge is 2.40. The first-order valence-corrected chi connectivity index (χ1v) is 10.2. The molecule has 3 aromatic rings. The average molecular weight is 366 g/mol. The third kappa shape index (κ3) is 2.82. The van der Waals surface area contributed by atoms with Gasteiger partial charge in [0.2, 0.25) is 0 Å². The topological polar surface area (TPSA) is 62.1 Å². The summed E-state index contributed by atoms with van der Waals surface area (Å²) in [6.07, 6.45) is 9.97. The van der Waals surface area contributed by atoms with Gasteiger partial charge in [-0.1, -0.05) is 6.07 Å². The molecule has 0 radical (unpaired) electrons. The van der Waals surface area contributed by atoms with E-state index in [0.29, 0.717) is 24.6 Å². The number of fused-ring (bicyclic) bond motifs is 1. The van der Waals surface area contributed by atoms with Crippen LogP contribution in [-0.2, 0) is 0 Å². The lowest BCUT2D eigenvalue weighted by Gasteiger charge is -2.42. The second-order valence-electron chi connectivity index (χ2n) is 7.40. The summed E-state index contributed by atoms with van der Waals surface area (Å²) in [6, 6.07) is 7.42. The van der Waals surface area contributed by atoms with Crippen molar-refractivity contribution in [3.05, 3.63) is 41.9 Å². The first-order valence-electron chi connectivity index (χ1n) is 9.34. The quantitative estimate of drug-likeness (QED) is 0.766. The minimum atomic E-state index is 0.300. The number of likely N-dealkylation sites (tertiary alicyclic amines) is 1. The lowest BCUT2D eigenvalue weighted by atomic mass is 9.79. The molecule has 3 heterocycles. The molecule has 0 spiro atoms. The van der Waals surface area contributed by atoms with Gasteiger partial charge in [0, 0.05) is 36.0 Å². The zero-order valence-corrected chi connectivity index (χ0v) is 15.4. The third-order valence-electron chi connectivity index (χ3n) is 5.86. The smallest absolute Gasteiger partial charge is 0.115 e. The number of rotatable bonds is 4. The summed E-state index contributed by atoms with van der Waals surface area (Å²) < 4.78 is 1.24. The molecule has 1 aliphatic heterocycles. The zero-order valence-electron chi connectivity index (χ0n) is 14.6. The lowest BCUT2D eigenvalue weighted by Crippen LogP contribution is -2.47. The van der Waals surface area contributed by atoms with Crippen molar-refractivity contribution in [2.24, 2.45) is 0 Å². The van der Waals surface area contributed by atoms with Crippen LogP contribution in [0.3, 0.4) is 0 Å². The SMILES string of the molecule is OC[C@@H]1CCCN1C1CC(c2nc3ccc(-c4cncnc4)cc3s2)C1. The molecule has 2 aliphatic rings. The molecular weight excluding hydrogens is 344 g/mol. The zero-order chi connectivity index (χ0) is 17.5. The highest BCUT2D eigenvalue weighted by Crippen LogP contribution is 2.44. The molecule has 134 valence electrons. The van der Waals surface area contributed by atoms with Crippen molar-refractivity contribution in [2.45, 2.75) is 43.7 Å². The Balaban J connectivity index is 1.33. The summed E-state index contributed by atoms with van der Waals surface area (Å²) in [6.45, 7) is 1.44. The van der Waals surface area contributed by atoms with Gasteiger partial charge in [-0.3, -0.25) is 4.90 Å². The van der Waals surface area contributed by atoms with E-state index in [1.54, 1.807) is 6.33 Å². The minimum absolute atomic E-state index is 0.300. The highest BCUT2D eigenvalue weighted by atomic mass is 32.1. The van der Waals surface area contributed by atoms with Gasteiger partial charge >= 0.3 is 0 Å². The van der Waals surface area contributed by atoms with E-state index in [9.17, 15) is 5.11 Å². The Morgan fingerprint density at radius 2 is 2.00 bits per heavy atom. The summed E-state index contributed by atoms with van der Waals surface area (Å²) in [7, 11) is 0. The van der Waals surface area contributed by atoms with E-state index in [4.69, 9.17) is 4.98 Å². The Morgan fingerprint density at radius 3 is 2.81 bits per heavy atom. The van der Waals surface area contributed by atoms with Crippen LogP contribution >= 0.6 is 11.3 Å². The molecule has 2 aromatic heterocycles. The maximum absolute atomic E-state index is 9.54. The fraction of sp³-hybridized carbons (Fsp3) is 0.450. The van der Waals surface area contributed by atoms with Crippen molar-refractivity contribution >= 4 is 21.6 Å². The molecule has 26 heavy (non-hydrogen) atoms. The molecule has 6 heteroatoms. The molecule has 1 saturated carbocycles. The molecule has 1 atom stereocenters. The number of hydrogen-bond donors (Lipinski definition) is 1. The summed E-state index contributed by atoms with van der Waals surface area (Å²) >= 11 is 1.82. The van der Waals surface area contributed by atoms with E-state index in [1.807, 2.05) is 23.7 Å². The van der Waals surface area contributed by atoms with Crippen LogP contribution in [0.2, 0.25) is 0 Å². The maximum Gasteiger partial charge on any atom is 0.115 e. The molecule has 5 nitrogen and oxygen atoms in total. The van der Waals surface area contributed by atoms with Crippen molar-refractivity contribution in [1.82, 2.24) is 19.9 Å². The number of aliphatic hydroxyl groups excluding tert-OH is 1. The molecule has 1 saturated heterocycles. The van der Waals surface area contributed by atoms with E-state index in [0.717, 1.165) is 29.6 Å². The number of aromatic nitrogens is 3. The van der Waals surface area contributed by atoms with Crippen molar-refractivity contribution < 1.29 is 5.11 Å². The molecule has 2 fully saturated rings. The molecule has 5 rings (SSSR count). The molecule has 0 bridgehead atoms. The summed E-state index contributed by atoms with van der Waals surface area (Å²) in [4.78, 5) is 15.6. The van der Waals surface area contributed by atoms with Crippen molar-refractivity contribution in [2.75, 3.05) is 13.2 Å². The minimum Gasteiger partial charge on any atom is -0.395 e. The van der Waals surface area contributed by atoms with Gasteiger partial charge in [0.1, 0.15) is 6.33 Å². The van der Waals surface area contributed by atoms with Crippen molar-refractivity contribution in [1.29, 1.82) is 0 Å². The van der Waals surface area contributed by atoms with Crippen LogP contribution in [-0.4, -0.2) is 50.2 Å². The van der Waals surface area contributed by atoms with E-state index in [-0.39, 0.29) is 0 Å². The van der Waals surface area contributed by atoms with Crippen molar-refractivity contribution in [3.63, 3.8) is 0 Å². The van der Waals surface area contributed by atoms with E-state index in [1.165, 1.54) is 29.0 Å². The monoisotopic (exact) mass is 366 g/mol. The number of thiazole rings is 1. The van der Waals surface area contributed by atoms with Gasteiger partial charge in [0.15, 0.2) is 0 Å². The molecular formula is C20H22N4OS. The largest absolute Gasteiger partial charge is 0.395 e. The normalized spacial score (nSPS) is 26.3. The summed E-state index contributed by atoms with van der Waals surface area (Å²) in [5.41, 5.74) is 3.27. The number of aliphatic hydroxyl groups is 1. The van der Waals surface area contributed by atoms with Crippen molar-refractivity contribution in [3.8, 4) is 11.1 Å². The second kappa shape index (κ2) is 6.68. The average Bonchev–Trinajstić information content (AvgIpc) is 3.27. The van der Waals surface area contributed by atoms with Crippen LogP contribution in [0.15, 0.2) is 36.9 Å². The van der Waals surface area contributed by atoms with Gasteiger partial charge < -0.3 is 5.11 Å². The fourth-order valence-electron chi connectivity index (χ4n) is 4.34. The molecule has 0 unspecified atom stereocenters. The molecule has 1 aliphatic carbocycles. The van der Waals surface area contributed by atoms with Gasteiger partial charge in [-0.05, 0) is 49.9 Å². The predicted octanol–water partition coefficient (Wildman–Crippen LogP) is 3.46. The number of hydrogen-bond acceptors (Lipinski definition) is 6. The van der Waals surface area contributed by atoms with Gasteiger partial charge in [0.05, 0.1) is 21.8 Å². The van der Waals surface area contributed by atoms with Crippen LogP contribution in [0.25, 0.3) is 21.3 Å². The summed E-state index contributed by atoms with van der Waals surface area (Å²) in [5.74, 6) is 0.570. The van der Waals surface area contributed by atoms with Gasteiger partial charge in [-0.15, -0.1) is 11.3 Å². The standard InChI is InChI=1S/C20H22N4OS/c25-11-16-2-1-5-24(16)17-6-14(7-17)20-23-18-4-3-13(8-19(18)26-20)15-9-21-12-22-10-15/h3-4,8-10,12,14,16-17,25H,1-2,5-7,11H2/t14?,16-,17?/m0/s1. The third-order valence-corrected chi connectivity index (χ3v) is 7.04. The van der Waals surface area contributed by atoms with Gasteiger partial charge in [-0.25, -0.2) is 15.0 Å². The lowest BCUT2D eigenvalue weighted by molar-refractivity contribution is 0.0662. The Bertz CT molecular complexity index is 907. The Labute approximate surface area is 156 Å². The van der Waals surface area contributed by atoms with Crippen LogP contribution in [0.4, 0.5) is 0 Å². The van der Waals surface area contributed by atoms with E-state index >= 15 is 0 Å². The highest BCUT2D eigenvalue weighted by molar-refractivity contribution is 7.18. The first kappa shape index (κ1) is 16.3. The van der Waals surface area contributed by atoms with E-state index < -0.39 is 0 Å². The Morgan fingerprint density at radius 1 is 1.15 bits per heavy atom. The maximum atomic E-state index is 9.54.